The zero-order valence-electron chi connectivity index (χ0n) is 15.3. The van der Waals surface area contributed by atoms with E-state index in [1.807, 2.05) is 0 Å². The Morgan fingerprint density at radius 1 is 1.21 bits per heavy atom. The standard InChI is InChI=1S/C20H17F4N3O2/c1-10-19(18-13(21)7-12(8-14(18)22)29-5-4-17(23)24)27(20(10)28)11-2-3-15-16(6-11)26-9-25-15/h2-3,6-10,17,19H,4-5H2,1H3,(H,25,26)/t10-,19?/m1/s1. The molecule has 2 atom stereocenters. The number of nitrogens with zero attached hydrogens (tertiary/aromatic N) is 2. The van der Waals surface area contributed by atoms with Crippen molar-refractivity contribution >= 4 is 22.6 Å². The molecule has 1 aliphatic heterocycles. The van der Waals surface area contributed by atoms with Crippen LogP contribution in [0.5, 0.6) is 5.75 Å². The average Bonchev–Trinajstić information content (AvgIpc) is 3.14. The van der Waals surface area contributed by atoms with Crippen molar-refractivity contribution in [2.75, 3.05) is 11.5 Å². The zero-order valence-corrected chi connectivity index (χ0v) is 15.3. The van der Waals surface area contributed by atoms with Crippen molar-refractivity contribution in [2.24, 2.45) is 5.92 Å². The molecule has 0 saturated carbocycles. The van der Waals surface area contributed by atoms with Gasteiger partial charge in [-0.2, -0.15) is 0 Å². The maximum atomic E-state index is 14.7. The van der Waals surface area contributed by atoms with Crippen molar-refractivity contribution in [1.29, 1.82) is 0 Å². The predicted molar refractivity (Wildman–Crippen MR) is 98.0 cm³/mol. The first kappa shape index (κ1) is 19.2. The number of alkyl halides is 2. The first-order chi connectivity index (χ1) is 13.9. The minimum Gasteiger partial charge on any atom is -0.493 e. The molecule has 1 aromatic heterocycles. The van der Waals surface area contributed by atoms with Gasteiger partial charge in [0.2, 0.25) is 12.3 Å². The number of fused-ring (bicyclic) bond motifs is 1. The van der Waals surface area contributed by atoms with Gasteiger partial charge in [-0.3, -0.25) is 4.79 Å². The van der Waals surface area contributed by atoms with E-state index >= 15 is 0 Å². The van der Waals surface area contributed by atoms with Gasteiger partial charge in [0.15, 0.2) is 0 Å². The molecule has 152 valence electrons. The van der Waals surface area contributed by atoms with E-state index in [1.54, 1.807) is 25.1 Å². The summed E-state index contributed by atoms with van der Waals surface area (Å²) in [5.41, 5.74) is 1.61. The number of amides is 1. The fourth-order valence-electron chi connectivity index (χ4n) is 3.56. The number of β-lactam (4-membered cyclic amide) rings is 1. The van der Waals surface area contributed by atoms with Crippen LogP contribution in [0.15, 0.2) is 36.7 Å². The quantitative estimate of drug-likeness (QED) is 0.480. The van der Waals surface area contributed by atoms with Gasteiger partial charge in [-0.05, 0) is 18.2 Å². The lowest BCUT2D eigenvalue weighted by molar-refractivity contribution is -0.129. The smallest absolute Gasteiger partial charge is 0.241 e. The number of H-pyrrole nitrogens is 1. The first-order valence-electron chi connectivity index (χ1n) is 9.03. The Bertz CT molecular complexity index is 1050. The highest BCUT2D eigenvalue weighted by Gasteiger charge is 2.48. The van der Waals surface area contributed by atoms with Crippen LogP contribution in [0.3, 0.4) is 0 Å². The fraction of sp³-hybridized carbons (Fsp3) is 0.300. The molecule has 3 aromatic rings. The van der Waals surface area contributed by atoms with Crippen molar-refractivity contribution in [1.82, 2.24) is 9.97 Å². The van der Waals surface area contributed by atoms with Gasteiger partial charge in [0.05, 0.1) is 35.9 Å². The Balaban J connectivity index is 1.64. The normalized spacial score (nSPS) is 19.1. The Morgan fingerprint density at radius 2 is 1.93 bits per heavy atom. The second kappa shape index (κ2) is 7.38. The molecule has 0 bridgehead atoms. The van der Waals surface area contributed by atoms with Crippen molar-refractivity contribution in [3.05, 3.63) is 53.9 Å². The molecule has 1 amide bonds. The third-order valence-corrected chi connectivity index (χ3v) is 5.02. The number of aromatic nitrogens is 2. The molecule has 5 nitrogen and oxygen atoms in total. The summed E-state index contributed by atoms with van der Waals surface area (Å²) in [5, 5.41) is 0. The molecule has 0 aliphatic carbocycles. The largest absolute Gasteiger partial charge is 0.493 e. The molecule has 1 fully saturated rings. The molecule has 1 N–H and O–H groups in total. The summed E-state index contributed by atoms with van der Waals surface area (Å²) in [6, 6.07) is 6.14. The topological polar surface area (TPSA) is 58.2 Å². The second-order valence-electron chi connectivity index (χ2n) is 6.87. The molecule has 29 heavy (non-hydrogen) atoms. The maximum absolute atomic E-state index is 14.7. The van der Waals surface area contributed by atoms with Crippen LogP contribution in [0.25, 0.3) is 11.0 Å². The number of rotatable bonds is 6. The minimum atomic E-state index is -2.56. The van der Waals surface area contributed by atoms with E-state index in [0.29, 0.717) is 11.2 Å². The van der Waals surface area contributed by atoms with Crippen LogP contribution in [-0.2, 0) is 4.79 Å². The highest BCUT2D eigenvalue weighted by Crippen LogP contribution is 2.45. The van der Waals surface area contributed by atoms with Gasteiger partial charge in [-0.15, -0.1) is 0 Å². The number of anilines is 1. The van der Waals surface area contributed by atoms with Crippen molar-refractivity contribution in [2.45, 2.75) is 25.8 Å². The SMILES string of the molecule is C[C@H]1C(=O)N(c2ccc3[nH]cnc3c2)C1c1c(F)cc(OCCC(F)F)cc1F. The van der Waals surface area contributed by atoms with E-state index in [9.17, 15) is 22.4 Å². The molecule has 2 aromatic carbocycles. The van der Waals surface area contributed by atoms with E-state index in [0.717, 1.165) is 17.6 Å². The molecular formula is C20H17F4N3O2. The lowest BCUT2D eigenvalue weighted by atomic mass is 9.82. The lowest BCUT2D eigenvalue weighted by Crippen LogP contribution is -2.54. The van der Waals surface area contributed by atoms with Gasteiger partial charge >= 0.3 is 0 Å². The van der Waals surface area contributed by atoms with Crippen molar-refractivity contribution < 1.29 is 27.1 Å². The van der Waals surface area contributed by atoms with E-state index in [-0.39, 0.29) is 23.8 Å². The third kappa shape index (κ3) is 3.41. The average molecular weight is 407 g/mol. The summed E-state index contributed by atoms with van der Waals surface area (Å²) in [6.45, 7) is 1.24. The van der Waals surface area contributed by atoms with Crippen molar-refractivity contribution in [3.8, 4) is 5.75 Å². The van der Waals surface area contributed by atoms with Crippen LogP contribution in [0, 0.1) is 17.6 Å². The van der Waals surface area contributed by atoms with Gasteiger partial charge in [-0.1, -0.05) is 6.92 Å². The highest BCUT2D eigenvalue weighted by molar-refractivity contribution is 6.04. The summed E-state index contributed by atoms with van der Waals surface area (Å²) < 4.78 is 58.9. The number of halogens is 4. The number of hydrogen-bond donors (Lipinski definition) is 1. The Kier molecular flexibility index (Phi) is 4.89. The summed E-state index contributed by atoms with van der Waals surface area (Å²) in [4.78, 5) is 20.9. The Labute approximate surface area is 163 Å². The third-order valence-electron chi connectivity index (χ3n) is 5.02. The Hall–Kier alpha value is -3.10. The van der Waals surface area contributed by atoms with Crippen LogP contribution in [0.4, 0.5) is 23.2 Å². The summed E-state index contributed by atoms with van der Waals surface area (Å²) >= 11 is 0. The molecule has 9 heteroatoms. The van der Waals surface area contributed by atoms with Gasteiger partial charge in [-0.25, -0.2) is 22.5 Å². The monoisotopic (exact) mass is 407 g/mol. The molecule has 1 unspecified atom stereocenters. The van der Waals surface area contributed by atoms with Crippen LogP contribution in [0.2, 0.25) is 0 Å². The van der Waals surface area contributed by atoms with Gasteiger partial charge in [0, 0.05) is 29.8 Å². The Morgan fingerprint density at radius 3 is 2.62 bits per heavy atom. The van der Waals surface area contributed by atoms with Crippen LogP contribution in [0.1, 0.15) is 24.9 Å². The number of nitrogens with one attached hydrogen (secondary N) is 1. The molecule has 1 aliphatic rings. The maximum Gasteiger partial charge on any atom is 0.241 e. The predicted octanol–water partition coefficient (Wildman–Crippen LogP) is 4.60. The number of benzene rings is 2. The number of hydrogen-bond acceptors (Lipinski definition) is 3. The minimum absolute atomic E-state index is 0.174. The van der Waals surface area contributed by atoms with E-state index < -0.39 is 36.4 Å². The molecule has 2 heterocycles. The van der Waals surface area contributed by atoms with Crippen LogP contribution < -0.4 is 9.64 Å². The number of aromatic amines is 1. The lowest BCUT2D eigenvalue weighted by Gasteiger charge is -2.46. The molecular weight excluding hydrogens is 390 g/mol. The summed E-state index contributed by atoms with van der Waals surface area (Å²) in [6.07, 6.45) is -1.59. The van der Waals surface area contributed by atoms with E-state index in [1.165, 1.54) is 11.2 Å². The van der Waals surface area contributed by atoms with E-state index in [4.69, 9.17) is 4.74 Å². The van der Waals surface area contributed by atoms with Gasteiger partial charge < -0.3 is 14.6 Å². The summed E-state index contributed by atoms with van der Waals surface area (Å²) in [7, 11) is 0. The van der Waals surface area contributed by atoms with Crippen LogP contribution in [-0.4, -0.2) is 28.9 Å². The second-order valence-corrected chi connectivity index (χ2v) is 6.87. The fourth-order valence-corrected chi connectivity index (χ4v) is 3.56. The molecule has 0 radical (unpaired) electrons. The van der Waals surface area contributed by atoms with Crippen LogP contribution >= 0.6 is 0 Å². The number of carbonyl (C=O) groups excluding carboxylic acids is 1. The number of carbonyl (C=O) groups is 1. The van der Waals surface area contributed by atoms with Gasteiger partial charge in [0.25, 0.3) is 0 Å². The number of imidazole rings is 1. The summed E-state index contributed by atoms with van der Waals surface area (Å²) in [5.74, 6) is -2.85. The zero-order chi connectivity index (χ0) is 20.7. The van der Waals surface area contributed by atoms with E-state index in [2.05, 4.69) is 9.97 Å². The highest BCUT2D eigenvalue weighted by atomic mass is 19.3. The molecule has 1 saturated heterocycles. The first-order valence-corrected chi connectivity index (χ1v) is 9.03. The van der Waals surface area contributed by atoms with Gasteiger partial charge in [0.1, 0.15) is 17.4 Å². The number of ether oxygens (including phenoxy) is 1. The van der Waals surface area contributed by atoms with Crippen molar-refractivity contribution in [3.63, 3.8) is 0 Å². The molecule has 0 spiro atoms. The molecule has 4 rings (SSSR count).